The number of hydrogen-bond acceptors (Lipinski definition) is 4. The molecule has 0 aromatic heterocycles. The van der Waals surface area contributed by atoms with Crippen molar-refractivity contribution in [1.29, 1.82) is 0 Å². The molecule has 114 valence electrons. The Morgan fingerprint density at radius 1 is 1.25 bits per heavy atom. The van der Waals surface area contributed by atoms with Crippen LogP contribution in [0.25, 0.3) is 0 Å². The Hall–Kier alpha value is -0.560. The molecule has 0 aliphatic rings. The van der Waals surface area contributed by atoms with Crippen molar-refractivity contribution in [1.82, 2.24) is 10.0 Å². The van der Waals surface area contributed by atoms with Gasteiger partial charge in [0, 0.05) is 18.3 Å². The summed E-state index contributed by atoms with van der Waals surface area (Å²) in [7, 11) is -3.45. The average Bonchev–Trinajstić information content (AvgIpc) is 2.42. The van der Waals surface area contributed by atoms with Crippen molar-refractivity contribution in [2.24, 2.45) is 0 Å². The first kappa shape index (κ1) is 17.5. The highest BCUT2D eigenvalue weighted by molar-refractivity contribution is 7.99. The molecule has 1 aromatic rings. The third kappa shape index (κ3) is 5.44. The number of sulfonamides is 1. The number of thioether (sulfide) groups is 1. The molecule has 2 N–H and O–H groups in total. The second-order valence-electron chi connectivity index (χ2n) is 4.57. The van der Waals surface area contributed by atoms with Crippen LogP contribution in [0.15, 0.2) is 29.2 Å². The highest BCUT2D eigenvalue weighted by Crippen LogP contribution is 2.16. The van der Waals surface area contributed by atoms with Gasteiger partial charge >= 0.3 is 0 Å². The van der Waals surface area contributed by atoms with Crippen LogP contribution in [0.1, 0.15) is 26.3 Å². The van der Waals surface area contributed by atoms with Crippen molar-refractivity contribution in [3.8, 4) is 0 Å². The summed E-state index contributed by atoms with van der Waals surface area (Å²) in [6.07, 6.45) is 0. The predicted octanol–water partition coefficient (Wildman–Crippen LogP) is 2.22. The molecule has 0 fully saturated rings. The zero-order chi connectivity index (χ0) is 15.0. The Kier molecular flexibility index (Phi) is 7.58. The molecule has 1 atom stereocenters. The summed E-state index contributed by atoms with van der Waals surface area (Å²) in [5.41, 5.74) is 0.803. The SMILES string of the molecule is CCNCc1ccccc1S(=O)(=O)NC(C)CSCC. The highest BCUT2D eigenvalue weighted by Gasteiger charge is 2.20. The highest BCUT2D eigenvalue weighted by atomic mass is 32.2. The Morgan fingerprint density at radius 2 is 1.95 bits per heavy atom. The Morgan fingerprint density at radius 3 is 2.60 bits per heavy atom. The van der Waals surface area contributed by atoms with E-state index in [1.54, 1.807) is 23.9 Å². The molecule has 20 heavy (non-hydrogen) atoms. The van der Waals surface area contributed by atoms with E-state index in [2.05, 4.69) is 17.0 Å². The molecule has 0 bridgehead atoms. The zero-order valence-electron chi connectivity index (χ0n) is 12.3. The lowest BCUT2D eigenvalue weighted by Crippen LogP contribution is -2.35. The summed E-state index contributed by atoms with van der Waals surface area (Å²) >= 11 is 1.73. The topological polar surface area (TPSA) is 58.2 Å². The number of nitrogens with one attached hydrogen (secondary N) is 2. The van der Waals surface area contributed by atoms with Gasteiger partial charge in [0.1, 0.15) is 0 Å². The van der Waals surface area contributed by atoms with E-state index in [-0.39, 0.29) is 6.04 Å². The van der Waals surface area contributed by atoms with Crippen LogP contribution in [-0.2, 0) is 16.6 Å². The summed E-state index contributed by atoms with van der Waals surface area (Å²) in [6, 6.07) is 7.06. The van der Waals surface area contributed by atoms with Gasteiger partial charge in [0.15, 0.2) is 0 Å². The number of benzene rings is 1. The van der Waals surface area contributed by atoms with Gasteiger partial charge in [-0.15, -0.1) is 0 Å². The van der Waals surface area contributed by atoms with E-state index < -0.39 is 10.0 Å². The van der Waals surface area contributed by atoms with Gasteiger partial charge < -0.3 is 5.32 Å². The third-order valence-corrected chi connectivity index (χ3v) is 5.59. The molecule has 0 saturated heterocycles. The molecule has 1 aromatic carbocycles. The molecule has 0 saturated carbocycles. The van der Waals surface area contributed by atoms with Gasteiger partial charge in [0.05, 0.1) is 4.90 Å². The molecule has 0 heterocycles. The normalized spacial score (nSPS) is 13.3. The monoisotopic (exact) mass is 316 g/mol. The summed E-state index contributed by atoms with van der Waals surface area (Å²) in [4.78, 5) is 0.370. The fraction of sp³-hybridized carbons (Fsp3) is 0.571. The molecule has 0 spiro atoms. The van der Waals surface area contributed by atoms with Crippen LogP contribution in [0, 0.1) is 0 Å². The first-order chi connectivity index (χ1) is 9.51. The maximum Gasteiger partial charge on any atom is 0.241 e. The molecular weight excluding hydrogens is 292 g/mol. The lowest BCUT2D eigenvalue weighted by molar-refractivity contribution is 0.568. The second-order valence-corrected chi connectivity index (χ2v) is 7.57. The predicted molar refractivity (Wildman–Crippen MR) is 86.6 cm³/mol. The minimum Gasteiger partial charge on any atom is -0.313 e. The van der Waals surface area contributed by atoms with Gasteiger partial charge in [-0.2, -0.15) is 11.8 Å². The standard InChI is InChI=1S/C14H24N2O2S2/c1-4-15-10-13-8-6-7-9-14(13)20(17,18)16-12(3)11-19-5-2/h6-9,12,15-16H,4-5,10-11H2,1-3H3. The van der Waals surface area contributed by atoms with Crippen LogP contribution < -0.4 is 10.0 Å². The van der Waals surface area contributed by atoms with Gasteiger partial charge in [-0.25, -0.2) is 13.1 Å². The zero-order valence-corrected chi connectivity index (χ0v) is 14.0. The van der Waals surface area contributed by atoms with Crippen LogP contribution >= 0.6 is 11.8 Å². The Bertz CT molecular complexity index is 504. The van der Waals surface area contributed by atoms with Crippen molar-refractivity contribution in [2.45, 2.75) is 38.3 Å². The molecule has 0 aliphatic heterocycles. The molecule has 1 unspecified atom stereocenters. The minimum absolute atomic E-state index is 0.0721. The van der Waals surface area contributed by atoms with E-state index in [4.69, 9.17) is 0 Å². The third-order valence-electron chi connectivity index (χ3n) is 2.76. The molecule has 6 heteroatoms. The van der Waals surface area contributed by atoms with Gasteiger partial charge in [0.25, 0.3) is 0 Å². The summed E-state index contributed by atoms with van der Waals surface area (Å²) in [5, 5.41) is 3.17. The first-order valence-electron chi connectivity index (χ1n) is 6.90. The Balaban J connectivity index is 2.86. The van der Waals surface area contributed by atoms with Crippen molar-refractivity contribution in [3.05, 3.63) is 29.8 Å². The van der Waals surface area contributed by atoms with Gasteiger partial charge in [-0.3, -0.25) is 0 Å². The van der Waals surface area contributed by atoms with Crippen molar-refractivity contribution < 1.29 is 8.42 Å². The van der Waals surface area contributed by atoms with E-state index in [9.17, 15) is 8.42 Å². The smallest absolute Gasteiger partial charge is 0.241 e. The summed E-state index contributed by atoms with van der Waals surface area (Å²) < 4.78 is 27.6. The average molecular weight is 316 g/mol. The summed E-state index contributed by atoms with van der Waals surface area (Å²) in [5.74, 6) is 1.77. The number of hydrogen-bond donors (Lipinski definition) is 2. The van der Waals surface area contributed by atoms with Crippen LogP contribution in [0.3, 0.4) is 0 Å². The van der Waals surface area contributed by atoms with Gasteiger partial charge in [0.2, 0.25) is 10.0 Å². The second kappa shape index (κ2) is 8.67. The molecule has 1 rings (SSSR count). The Labute approximate surface area is 126 Å². The summed E-state index contributed by atoms with van der Waals surface area (Å²) in [6.45, 7) is 7.33. The quantitative estimate of drug-likeness (QED) is 0.733. The van der Waals surface area contributed by atoms with E-state index in [1.165, 1.54) is 0 Å². The van der Waals surface area contributed by atoms with E-state index >= 15 is 0 Å². The van der Waals surface area contributed by atoms with Gasteiger partial charge in [-0.05, 0) is 30.9 Å². The molecule has 0 radical (unpaired) electrons. The first-order valence-corrected chi connectivity index (χ1v) is 9.53. The van der Waals surface area contributed by atoms with Crippen LogP contribution in [-0.4, -0.2) is 32.5 Å². The molecule has 0 amide bonds. The van der Waals surface area contributed by atoms with E-state index in [0.29, 0.717) is 11.4 Å². The lowest BCUT2D eigenvalue weighted by atomic mass is 10.2. The molecular formula is C14H24N2O2S2. The van der Waals surface area contributed by atoms with Crippen LogP contribution in [0.2, 0.25) is 0 Å². The number of rotatable bonds is 9. The van der Waals surface area contributed by atoms with E-state index in [1.807, 2.05) is 26.0 Å². The van der Waals surface area contributed by atoms with Crippen LogP contribution in [0.5, 0.6) is 0 Å². The largest absolute Gasteiger partial charge is 0.313 e. The van der Waals surface area contributed by atoms with E-state index in [0.717, 1.165) is 23.6 Å². The minimum atomic E-state index is -3.45. The van der Waals surface area contributed by atoms with Crippen molar-refractivity contribution in [2.75, 3.05) is 18.1 Å². The fourth-order valence-electron chi connectivity index (χ4n) is 1.83. The maximum atomic E-state index is 12.4. The molecule has 4 nitrogen and oxygen atoms in total. The molecule has 0 aliphatic carbocycles. The van der Waals surface area contributed by atoms with Crippen LogP contribution in [0.4, 0.5) is 0 Å². The lowest BCUT2D eigenvalue weighted by Gasteiger charge is -2.16. The fourth-order valence-corrected chi connectivity index (χ4v) is 4.09. The maximum absolute atomic E-state index is 12.4. The van der Waals surface area contributed by atoms with Gasteiger partial charge in [-0.1, -0.05) is 32.0 Å². The van der Waals surface area contributed by atoms with Crippen molar-refractivity contribution >= 4 is 21.8 Å². The van der Waals surface area contributed by atoms with Crippen molar-refractivity contribution in [3.63, 3.8) is 0 Å².